The number of nitrogen functional groups attached to an aromatic ring is 1. The van der Waals surface area contributed by atoms with Crippen molar-refractivity contribution in [3.8, 4) is 10.8 Å². The predicted octanol–water partition coefficient (Wildman–Crippen LogP) is 2.67. The first-order chi connectivity index (χ1) is 9.22. The third kappa shape index (κ3) is 2.48. The first-order valence-electron chi connectivity index (χ1n) is 5.80. The first kappa shape index (κ1) is 11.9. The van der Waals surface area contributed by atoms with Crippen LogP contribution in [0.4, 0.5) is 5.00 Å². The molecule has 0 amide bonds. The topological polar surface area (TPSA) is 77.8 Å². The average Bonchev–Trinajstić information content (AvgIpc) is 2.97. The fourth-order valence-electron chi connectivity index (χ4n) is 1.82. The summed E-state index contributed by atoms with van der Waals surface area (Å²) in [5.74, 6) is 1.17. The van der Waals surface area contributed by atoms with Crippen LogP contribution >= 0.6 is 11.3 Å². The number of pyridine rings is 1. The van der Waals surface area contributed by atoms with E-state index in [0.29, 0.717) is 18.1 Å². The van der Waals surface area contributed by atoms with Gasteiger partial charge in [-0.05, 0) is 30.2 Å². The van der Waals surface area contributed by atoms with Crippen LogP contribution in [-0.4, -0.2) is 15.1 Å². The largest absolute Gasteiger partial charge is 0.391 e. The van der Waals surface area contributed by atoms with E-state index in [1.807, 2.05) is 25.1 Å². The summed E-state index contributed by atoms with van der Waals surface area (Å²) in [7, 11) is 0. The Labute approximate surface area is 114 Å². The Morgan fingerprint density at radius 2 is 2.32 bits per heavy atom. The molecule has 5 nitrogen and oxygen atoms in total. The van der Waals surface area contributed by atoms with E-state index in [2.05, 4.69) is 15.1 Å². The number of thiophene rings is 1. The zero-order valence-corrected chi connectivity index (χ0v) is 11.1. The van der Waals surface area contributed by atoms with Crippen molar-refractivity contribution in [2.45, 2.75) is 13.3 Å². The van der Waals surface area contributed by atoms with Crippen LogP contribution in [0.15, 0.2) is 35.1 Å². The second-order valence-corrected chi connectivity index (χ2v) is 5.30. The molecule has 6 heteroatoms. The molecule has 19 heavy (non-hydrogen) atoms. The fourth-order valence-corrected chi connectivity index (χ4v) is 2.68. The number of anilines is 1. The lowest BCUT2D eigenvalue weighted by molar-refractivity contribution is 0.424. The summed E-state index contributed by atoms with van der Waals surface area (Å²) in [4.78, 5) is 9.39. The predicted molar refractivity (Wildman–Crippen MR) is 73.8 cm³/mol. The summed E-state index contributed by atoms with van der Waals surface area (Å²) < 4.78 is 5.29. The average molecular weight is 272 g/mol. The Bertz CT molecular complexity index is 690. The molecule has 96 valence electrons. The van der Waals surface area contributed by atoms with Gasteiger partial charge >= 0.3 is 0 Å². The zero-order chi connectivity index (χ0) is 13.2. The van der Waals surface area contributed by atoms with E-state index in [1.165, 1.54) is 11.3 Å². The molecule has 0 radical (unpaired) electrons. The third-order valence-corrected chi connectivity index (χ3v) is 3.74. The van der Waals surface area contributed by atoms with Crippen LogP contribution in [0, 0.1) is 6.92 Å². The standard InChI is InChI=1S/C13H12N4OS/c1-8-5-10(14)19-12(8)13-16-11(17-18-13)6-9-3-2-4-15-7-9/h2-5,7H,6,14H2,1H3. The van der Waals surface area contributed by atoms with Crippen LogP contribution in [0.1, 0.15) is 17.0 Å². The third-order valence-electron chi connectivity index (χ3n) is 2.68. The summed E-state index contributed by atoms with van der Waals surface area (Å²) in [6.07, 6.45) is 4.14. The molecule has 3 aromatic heterocycles. The minimum Gasteiger partial charge on any atom is -0.391 e. The maximum Gasteiger partial charge on any atom is 0.268 e. The van der Waals surface area contributed by atoms with Crippen LogP contribution in [0.25, 0.3) is 10.8 Å². The van der Waals surface area contributed by atoms with Gasteiger partial charge in [-0.2, -0.15) is 4.98 Å². The number of aromatic nitrogens is 3. The molecule has 0 fully saturated rings. The van der Waals surface area contributed by atoms with Crippen LogP contribution in [0.5, 0.6) is 0 Å². The molecule has 3 aromatic rings. The van der Waals surface area contributed by atoms with Gasteiger partial charge in [-0.25, -0.2) is 0 Å². The van der Waals surface area contributed by atoms with E-state index in [9.17, 15) is 0 Å². The van der Waals surface area contributed by atoms with Gasteiger partial charge in [0.15, 0.2) is 5.82 Å². The van der Waals surface area contributed by atoms with Crippen molar-refractivity contribution in [2.24, 2.45) is 0 Å². The molecule has 0 saturated heterocycles. The van der Waals surface area contributed by atoms with Gasteiger partial charge in [0.2, 0.25) is 0 Å². The van der Waals surface area contributed by atoms with Gasteiger partial charge in [0.1, 0.15) is 0 Å². The Balaban J connectivity index is 1.86. The molecule has 3 heterocycles. The normalized spacial score (nSPS) is 10.8. The van der Waals surface area contributed by atoms with Gasteiger partial charge in [0.25, 0.3) is 5.89 Å². The van der Waals surface area contributed by atoms with Crippen LogP contribution < -0.4 is 5.73 Å². The highest BCUT2D eigenvalue weighted by molar-refractivity contribution is 7.19. The lowest BCUT2D eigenvalue weighted by atomic mass is 10.2. The van der Waals surface area contributed by atoms with Crippen molar-refractivity contribution < 1.29 is 4.52 Å². The number of hydrogen-bond acceptors (Lipinski definition) is 6. The van der Waals surface area contributed by atoms with Crippen LogP contribution in [-0.2, 0) is 6.42 Å². The van der Waals surface area contributed by atoms with Crippen molar-refractivity contribution >= 4 is 16.3 Å². The van der Waals surface area contributed by atoms with Gasteiger partial charge in [0, 0.05) is 18.8 Å². The van der Waals surface area contributed by atoms with E-state index < -0.39 is 0 Å². The fraction of sp³-hybridized carbons (Fsp3) is 0.154. The van der Waals surface area contributed by atoms with Gasteiger partial charge in [-0.3, -0.25) is 4.98 Å². The monoisotopic (exact) mass is 272 g/mol. The summed E-state index contributed by atoms with van der Waals surface area (Å²) in [5.41, 5.74) is 7.88. The Morgan fingerprint density at radius 1 is 1.42 bits per heavy atom. The molecule has 3 rings (SSSR count). The van der Waals surface area contributed by atoms with Gasteiger partial charge in [-0.15, -0.1) is 11.3 Å². The molecule has 0 aliphatic carbocycles. The number of rotatable bonds is 3. The van der Waals surface area contributed by atoms with E-state index in [4.69, 9.17) is 10.3 Å². The first-order valence-corrected chi connectivity index (χ1v) is 6.62. The molecular formula is C13H12N4OS. The smallest absolute Gasteiger partial charge is 0.268 e. The zero-order valence-electron chi connectivity index (χ0n) is 10.3. The summed E-state index contributed by atoms with van der Waals surface area (Å²) in [6.45, 7) is 1.98. The second kappa shape index (κ2) is 4.81. The summed E-state index contributed by atoms with van der Waals surface area (Å²) in [5, 5.41) is 4.74. The van der Waals surface area contributed by atoms with Crippen molar-refractivity contribution in [1.82, 2.24) is 15.1 Å². The second-order valence-electron chi connectivity index (χ2n) is 4.21. The molecule has 0 aliphatic heterocycles. The molecule has 0 atom stereocenters. The number of aryl methyl sites for hydroxylation is 1. The maximum atomic E-state index is 5.77. The Hall–Kier alpha value is -2.21. The van der Waals surface area contributed by atoms with Gasteiger partial charge in [0.05, 0.1) is 9.88 Å². The van der Waals surface area contributed by atoms with Gasteiger partial charge in [-0.1, -0.05) is 11.2 Å². The van der Waals surface area contributed by atoms with E-state index in [0.717, 1.165) is 21.0 Å². The van der Waals surface area contributed by atoms with Crippen LogP contribution in [0.2, 0.25) is 0 Å². The summed E-state index contributed by atoms with van der Waals surface area (Å²) in [6, 6.07) is 5.78. The quantitative estimate of drug-likeness (QED) is 0.793. The molecule has 0 aromatic carbocycles. The lowest BCUT2D eigenvalue weighted by Crippen LogP contribution is -1.91. The highest BCUT2D eigenvalue weighted by Gasteiger charge is 2.14. The minimum atomic E-state index is 0.526. The van der Waals surface area contributed by atoms with Crippen molar-refractivity contribution in [1.29, 1.82) is 0 Å². The van der Waals surface area contributed by atoms with E-state index in [-0.39, 0.29) is 0 Å². The molecule has 2 N–H and O–H groups in total. The van der Waals surface area contributed by atoms with Crippen LogP contribution in [0.3, 0.4) is 0 Å². The Kier molecular flexibility index (Phi) is 3.00. The molecular weight excluding hydrogens is 260 g/mol. The molecule has 0 aliphatic rings. The number of nitrogens with zero attached hydrogens (tertiary/aromatic N) is 3. The van der Waals surface area contributed by atoms with E-state index >= 15 is 0 Å². The highest BCUT2D eigenvalue weighted by atomic mass is 32.1. The van der Waals surface area contributed by atoms with E-state index in [1.54, 1.807) is 12.4 Å². The minimum absolute atomic E-state index is 0.526. The van der Waals surface area contributed by atoms with Crippen molar-refractivity contribution in [3.05, 3.63) is 47.5 Å². The lowest BCUT2D eigenvalue weighted by Gasteiger charge is -1.93. The molecule has 0 saturated carbocycles. The molecule has 0 unspecified atom stereocenters. The molecule has 0 spiro atoms. The molecule has 0 bridgehead atoms. The van der Waals surface area contributed by atoms with Crippen molar-refractivity contribution in [2.75, 3.05) is 5.73 Å². The maximum absolute atomic E-state index is 5.77. The van der Waals surface area contributed by atoms with Crippen molar-refractivity contribution in [3.63, 3.8) is 0 Å². The van der Waals surface area contributed by atoms with Gasteiger partial charge < -0.3 is 10.3 Å². The number of hydrogen-bond donors (Lipinski definition) is 1. The number of nitrogens with two attached hydrogens (primary N) is 1. The SMILES string of the molecule is Cc1cc(N)sc1-c1nc(Cc2cccnc2)no1. The highest BCUT2D eigenvalue weighted by Crippen LogP contribution is 2.32. The summed E-state index contributed by atoms with van der Waals surface area (Å²) >= 11 is 1.46. The Morgan fingerprint density at radius 3 is 3.00 bits per heavy atom.